The van der Waals surface area contributed by atoms with Crippen LogP contribution in [-0.2, 0) is 16.4 Å². The van der Waals surface area contributed by atoms with Crippen LogP contribution in [0, 0.1) is 0 Å². The first-order valence-corrected chi connectivity index (χ1v) is 9.35. The van der Waals surface area contributed by atoms with E-state index >= 15 is 0 Å². The second-order valence-corrected chi connectivity index (χ2v) is 7.66. The molecule has 1 heterocycles. The molecule has 1 saturated heterocycles. The number of rotatable bonds is 5. The fourth-order valence-corrected chi connectivity index (χ4v) is 4.86. The van der Waals surface area contributed by atoms with Gasteiger partial charge in [0.2, 0.25) is 10.0 Å². The molecule has 1 fully saturated rings. The number of piperidine rings is 1. The first kappa shape index (κ1) is 16.3. The summed E-state index contributed by atoms with van der Waals surface area (Å²) in [5.41, 5.74) is 7.54. The zero-order valence-corrected chi connectivity index (χ0v) is 13.8. The molecule has 0 radical (unpaired) electrons. The standard InChI is InChI=1S/C16H26N2O2S/c1-3-7-14-8-5-6-11-18(14)21(19,20)15-10-9-13(4-2)16(17)12-15/h9-10,12,14H,3-8,11,17H2,1-2H3. The fourth-order valence-electron chi connectivity index (χ4n) is 3.10. The Morgan fingerprint density at radius 2 is 2.05 bits per heavy atom. The average molecular weight is 310 g/mol. The van der Waals surface area contributed by atoms with Crippen LogP contribution in [0.5, 0.6) is 0 Å². The molecule has 118 valence electrons. The van der Waals surface area contributed by atoms with Crippen molar-refractivity contribution in [2.24, 2.45) is 0 Å². The monoisotopic (exact) mass is 310 g/mol. The van der Waals surface area contributed by atoms with E-state index in [1.54, 1.807) is 16.4 Å². The summed E-state index contributed by atoms with van der Waals surface area (Å²) >= 11 is 0. The van der Waals surface area contributed by atoms with Gasteiger partial charge in [0.25, 0.3) is 0 Å². The third kappa shape index (κ3) is 3.40. The van der Waals surface area contributed by atoms with E-state index < -0.39 is 10.0 Å². The minimum absolute atomic E-state index is 0.140. The second kappa shape index (κ2) is 6.79. The largest absolute Gasteiger partial charge is 0.398 e. The maximum absolute atomic E-state index is 12.9. The molecule has 1 aliphatic rings. The Balaban J connectivity index is 2.33. The first-order valence-electron chi connectivity index (χ1n) is 7.91. The second-order valence-electron chi connectivity index (χ2n) is 5.77. The minimum Gasteiger partial charge on any atom is -0.398 e. The van der Waals surface area contributed by atoms with Crippen molar-refractivity contribution < 1.29 is 8.42 Å². The van der Waals surface area contributed by atoms with Crippen LogP contribution in [0.15, 0.2) is 23.1 Å². The molecule has 0 aliphatic carbocycles. The van der Waals surface area contributed by atoms with Crippen molar-refractivity contribution in [3.8, 4) is 0 Å². The number of benzene rings is 1. The van der Waals surface area contributed by atoms with Gasteiger partial charge in [-0.05, 0) is 43.4 Å². The van der Waals surface area contributed by atoms with Gasteiger partial charge in [-0.3, -0.25) is 0 Å². The summed E-state index contributed by atoms with van der Waals surface area (Å²) < 4.78 is 27.5. The van der Waals surface area contributed by atoms with Gasteiger partial charge in [-0.2, -0.15) is 4.31 Å². The molecular weight excluding hydrogens is 284 g/mol. The van der Waals surface area contributed by atoms with E-state index in [0.29, 0.717) is 17.1 Å². The molecule has 0 spiro atoms. The lowest BCUT2D eigenvalue weighted by molar-refractivity contribution is 0.239. The van der Waals surface area contributed by atoms with Gasteiger partial charge in [0.15, 0.2) is 0 Å². The molecule has 4 nitrogen and oxygen atoms in total. The van der Waals surface area contributed by atoms with Crippen LogP contribution in [0.1, 0.15) is 51.5 Å². The van der Waals surface area contributed by atoms with Crippen molar-refractivity contribution in [3.63, 3.8) is 0 Å². The number of anilines is 1. The molecule has 1 aliphatic heterocycles. The Hall–Kier alpha value is -1.07. The van der Waals surface area contributed by atoms with Gasteiger partial charge in [0, 0.05) is 18.3 Å². The predicted octanol–water partition coefficient (Wildman–Crippen LogP) is 3.17. The van der Waals surface area contributed by atoms with Crippen molar-refractivity contribution in [3.05, 3.63) is 23.8 Å². The molecule has 0 aromatic heterocycles. The lowest BCUT2D eigenvalue weighted by Gasteiger charge is -2.34. The molecule has 1 aromatic rings. The number of nitrogens with zero attached hydrogens (tertiary/aromatic N) is 1. The summed E-state index contributed by atoms with van der Waals surface area (Å²) in [6.45, 7) is 4.75. The zero-order valence-electron chi connectivity index (χ0n) is 13.0. The summed E-state index contributed by atoms with van der Waals surface area (Å²) in [6, 6.07) is 5.29. The summed E-state index contributed by atoms with van der Waals surface area (Å²) in [7, 11) is -3.43. The van der Waals surface area contributed by atoms with Crippen LogP contribution in [0.2, 0.25) is 0 Å². The maximum Gasteiger partial charge on any atom is 0.243 e. The van der Waals surface area contributed by atoms with Gasteiger partial charge in [-0.1, -0.05) is 32.8 Å². The highest BCUT2D eigenvalue weighted by Gasteiger charge is 2.33. The quantitative estimate of drug-likeness (QED) is 0.850. The smallest absolute Gasteiger partial charge is 0.243 e. The van der Waals surface area contributed by atoms with Gasteiger partial charge in [-0.15, -0.1) is 0 Å². The number of hydrogen-bond acceptors (Lipinski definition) is 3. The zero-order chi connectivity index (χ0) is 15.5. The predicted molar refractivity (Wildman–Crippen MR) is 86.7 cm³/mol. The number of aryl methyl sites for hydroxylation is 1. The van der Waals surface area contributed by atoms with Gasteiger partial charge in [-0.25, -0.2) is 8.42 Å². The highest BCUT2D eigenvalue weighted by atomic mass is 32.2. The molecule has 2 rings (SSSR count). The lowest BCUT2D eigenvalue weighted by Crippen LogP contribution is -2.43. The van der Waals surface area contributed by atoms with E-state index in [1.165, 1.54) is 0 Å². The Bertz CT molecular complexity index is 582. The van der Waals surface area contributed by atoms with E-state index in [-0.39, 0.29) is 6.04 Å². The molecule has 1 unspecified atom stereocenters. The highest BCUT2D eigenvalue weighted by molar-refractivity contribution is 7.89. The van der Waals surface area contributed by atoms with E-state index in [2.05, 4.69) is 6.92 Å². The minimum atomic E-state index is -3.43. The molecule has 1 atom stereocenters. The van der Waals surface area contributed by atoms with Crippen LogP contribution >= 0.6 is 0 Å². The van der Waals surface area contributed by atoms with E-state index in [0.717, 1.165) is 44.1 Å². The van der Waals surface area contributed by atoms with Crippen LogP contribution in [0.25, 0.3) is 0 Å². The summed E-state index contributed by atoms with van der Waals surface area (Å²) in [5, 5.41) is 0. The highest BCUT2D eigenvalue weighted by Crippen LogP contribution is 2.29. The summed E-state index contributed by atoms with van der Waals surface area (Å²) in [6.07, 6.45) is 5.79. The SMILES string of the molecule is CCCC1CCCCN1S(=O)(=O)c1ccc(CC)c(N)c1. The van der Waals surface area contributed by atoms with Gasteiger partial charge in [0.05, 0.1) is 4.90 Å². The molecule has 0 saturated carbocycles. The maximum atomic E-state index is 12.9. The van der Waals surface area contributed by atoms with Crippen molar-refractivity contribution in [2.45, 2.75) is 63.3 Å². The molecule has 0 amide bonds. The summed E-state index contributed by atoms with van der Waals surface area (Å²) in [4.78, 5) is 0.334. The van der Waals surface area contributed by atoms with Crippen molar-refractivity contribution >= 4 is 15.7 Å². The van der Waals surface area contributed by atoms with Crippen molar-refractivity contribution in [1.29, 1.82) is 0 Å². The third-order valence-corrected chi connectivity index (χ3v) is 6.25. The fraction of sp³-hybridized carbons (Fsp3) is 0.625. The van der Waals surface area contributed by atoms with Crippen LogP contribution < -0.4 is 5.73 Å². The van der Waals surface area contributed by atoms with Gasteiger partial charge in [0.1, 0.15) is 0 Å². The molecule has 0 bridgehead atoms. The molecule has 1 aromatic carbocycles. The Morgan fingerprint density at radius 3 is 2.67 bits per heavy atom. The topological polar surface area (TPSA) is 63.4 Å². The van der Waals surface area contributed by atoms with Crippen LogP contribution in [0.4, 0.5) is 5.69 Å². The lowest BCUT2D eigenvalue weighted by atomic mass is 10.0. The van der Waals surface area contributed by atoms with E-state index in [1.807, 2.05) is 13.0 Å². The molecule has 21 heavy (non-hydrogen) atoms. The Labute approximate surface area is 128 Å². The van der Waals surface area contributed by atoms with Crippen molar-refractivity contribution in [2.75, 3.05) is 12.3 Å². The number of hydrogen-bond donors (Lipinski definition) is 1. The first-order chi connectivity index (χ1) is 10.0. The Morgan fingerprint density at radius 1 is 1.29 bits per heavy atom. The number of sulfonamides is 1. The van der Waals surface area contributed by atoms with E-state index in [9.17, 15) is 8.42 Å². The number of nitrogens with two attached hydrogens (primary N) is 1. The molecular formula is C16H26N2O2S. The average Bonchev–Trinajstić information content (AvgIpc) is 2.48. The molecule has 2 N–H and O–H groups in total. The molecule has 5 heteroatoms. The van der Waals surface area contributed by atoms with Gasteiger partial charge < -0.3 is 5.73 Å². The Kier molecular flexibility index (Phi) is 5.27. The third-order valence-electron chi connectivity index (χ3n) is 4.30. The van der Waals surface area contributed by atoms with Crippen LogP contribution in [0.3, 0.4) is 0 Å². The number of nitrogen functional groups attached to an aromatic ring is 1. The van der Waals surface area contributed by atoms with Gasteiger partial charge >= 0.3 is 0 Å². The van der Waals surface area contributed by atoms with Crippen molar-refractivity contribution in [1.82, 2.24) is 4.31 Å². The normalized spacial score (nSPS) is 20.6. The summed E-state index contributed by atoms with van der Waals surface area (Å²) in [5.74, 6) is 0. The van der Waals surface area contributed by atoms with Crippen LogP contribution in [-0.4, -0.2) is 25.3 Å². The van der Waals surface area contributed by atoms with E-state index in [4.69, 9.17) is 5.73 Å².